The molecule has 0 aliphatic rings. The number of hydrogen-bond donors (Lipinski definition) is 1. The van der Waals surface area contributed by atoms with Crippen molar-refractivity contribution in [1.82, 2.24) is 4.98 Å². The molecule has 22 heavy (non-hydrogen) atoms. The van der Waals surface area contributed by atoms with Gasteiger partial charge in [-0.1, -0.05) is 50.2 Å². The van der Waals surface area contributed by atoms with E-state index in [1.807, 2.05) is 56.3 Å². The van der Waals surface area contributed by atoms with E-state index in [-0.39, 0.29) is 11.7 Å². The molecule has 0 saturated heterocycles. The van der Waals surface area contributed by atoms with E-state index in [4.69, 9.17) is 0 Å². The van der Waals surface area contributed by atoms with Gasteiger partial charge in [-0.25, -0.2) is 9.37 Å². The summed E-state index contributed by atoms with van der Waals surface area (Å²) in [6.45, 7) is 3.90. The third kappa shape index (κ3) is 2.38. The van der Waals surface area contributed by atoms with Gasteiger partial charge in [0.2, 0.25) is 0 Å². The molecular weight excluding hydrogens is 277 g/mol. The van der Waals surface area contributed by atoms with Gasteiger partial charge in [0.15, 0.2) is 0 Å². The van der Waals surface area contributed by atoms with E-state index in [1.165, 1.54) is 12.1 Å². The lowest BCUT2D eigenvalue weighted by molar-refractivity contribution is 0.0278. The summed E-state index contributed by atoms with van der Waals surface area (Å²) >= 11 is 0. The number of halogens is 1. The highest BCUT2D eigenvalue weighted by molar-refractivity contribution is 5.78. The number of fused-ring (bicyclic) bond motifs is 1. The first-order valence-electron chi connectivity index (χ1n) is 7.36. The maximum absolute atomic E-state index is 13.4. The lowest BCUT2D eigenvalue weighted by atomic mass is 9.80. The highest BCUT2D eigenvalue weighted by Crippen LogP contribution is 2.36. The quantitative estimate of drug-likeness (QED) is 0.783. The number of benzene rings is 2. The molecule has 0 unspecified atom stereocenters. The van der Waals surface area contributed by atoms with Gasteiger partial charge < -0.3 is 5.11 Å². The second kappa shape index (κ2) is 5.50. The molecule has 1 N–H and O–H groups in total. The summed E-state index contributed by atoms with van der Waals surface area (Å²) in [7, 11) is 0. The van der Waals surface area contributed by atoms with E-state index in [2.05, 4.69) is 4.98 Å². The molecule has 1 aromatic heterocycles. The molecule has 0 aliphatic carbocycles. The maximum atomic E-state index is 13.4. The smallest absolute Gasteiger partial charge is 0.134 e. The molecule has 0 saturated carbocycles. The lowest BCUT2D eigenvalue weighted by Gasteiger charge is -2.32. The van der Waals surface area contributed by atoms with E-state index in [0.717, 1.165) is 10.9 Å². The Bertz CT molecular complexity index is 801. The molecule has 0 spiro atoms. The molecule has 3 rings (SSSR count). The molecule has 1 atom stereocenters. The normalized spacial score (nSPS) is 14.2. The molecule has 0 fully saturated rings. The Morgan fingerprint density at radius 3 is 2.36 bits per heavy atom. The van der Waals surface area contributed by atoms with Crippen molar-refractivity contribution < 1.29 is 9.50 Å². The fraction of sp³-hybridized carbons (Fsp3) is 0.211. The Hall–Kier alpha value is -2.26. The number of nitrogens with zero attached hydrogens (tertiary/aromatic N) is 1. The van der Waals surface area contributed by atoms with E-state index < -0.39 is 5.60 Å². The number of aliphatic hydroxyl groups is 1. The fourth-order valence-corrected chi connectivity index (χ4v) is 2.77. The van der Waals surface area contributed by atoms with Crippen LogP contribution in [0.2, 0.25) is 0 Å². The summed E-state index contributed by atoms with van der Waals surface area (Å²) < 4.78 is 13.4. The van der Waals surface area contributed by atoms with Crippen LogP contribution in [0.25, 0.3) is 10.9 Å². The van der Waals surface area contributed by atoms with E-state index in [9.17, 15) is 9.50 Å². The summed E-state index contributed by atoms with van der Waals surface area (Å²) in [5.74, 6) is -0.404. The van der Waals surface area contributed by atoms with Crippen LogP contribution in [0.5, 0.6) is 0 Å². The second-order valence-corrected chi connectivity index (χ2v) is 5.82. The first-order valence-corrected chi connectivity index (χ1v) is 7.36. The van der Waals surface area contributed by atoms with Crippen molar-refractivity contribution in [2.75, 3.05) is 0 Å². The highest BCUT2D eigenvalue weighted by atomic mass is 19.1. The monoisotopic (exact) mass is 295 g/mol. The van der Waals surface area contributed by atoms with Gasteiger partial charge in [0.25, 0.3) is 0 Å². The summed E-state index contributed by atoms with van der Waals surface area (Å²) in [6, 6.07) is 17.6. The van der Waals surface area contributed by atoms with Crippen molar-refractivity contribution in [2.45, 2.75) is 19.4 Å². The Labute approximate surface area is 129 Å². The molecule has 3 aromatic rings. The third-order valence-corrected chi connectivity index (χ3v) is 4.09. The van der Waals surface area contributed by atoms with Gasteiger partial charge in [0.05, 0.1) is 11.2 Å². The summed E-state index contributed by atoms with van der Waals surface area (Å²) in [6.07, 6.45) is 0. The van der Waals surface area contributed by atoms with Crippen LogP contribution in [0.4, 0.5) is 4.39 Å². The molecule has 1 heterocycles. The van der Waals surface area contributed by atoms with Crippen molar-refractivity contribution in [2.24, 2.45) is 5.92 Å². The molecule has 0 aliphatic heterocycles. The number of pyridine rings is 1. The summed E-state index contributed by atoms with van der Waals surface area (Å²) in [5.41, 5.74) is 0.662. The van der Waals surface area contributed by atoms with Crippen molar-refractivity contribution in [3.05, 3.63) is 77.7 Å². The van der Waals surface area contributed by atoms with Gasteiger partial charge >= 0.3 is 0 Å². The zero-order valence-corrected chi connectivity index (χ0v) is 12.6. The summed E-state index contributed by atoms with van der Waals surface area (Å²) in [4.78, 5) is 4.52. The standard InChI is InChI=1S/C19H18FNO/c1-13(2)19(22,15-6-4-3-5-7-15)18-11-9-14-8-10-16(20)12-17(14)21-18/h3-13,22H,1-2H3/t19-/m0/s1. The number of aromatic nitrogens is 1. The second-order valence-electron chi connectivity index (χ2n) is 5.82. The minimum absolute atomic E-state index is 0.0755. The predicted molar refractivity (Wildman–Crippen MR) is 86.0 cm³/mol. The predicted octanol–water partition coefficient (Wildman–Crippen LogP) is 4.27. The molecule has 2 nitrogen and oxygen atoms in total. The SMILES string of the molecule is CC(C)[C@](O)(c1ccccc1)c1ccc2ccc(F)cc2n1. The minimum atomic E-state index is -1.21. The van der Waals surface area contributed by atoms with Crippen LogP contribution in [0.15, 0.2) is 60.7 Å². The van der Waals surface area contributed by atoms with Crippen LogP contribution in [-0.2, 0) is 5.60 Å². The van der Waals surface area contributed by atoms with Gasteiger partial charge in [-0.2, -0.15) is 0 Å². The molecule has 0 amide bonds. The Morgan fingerprint density at radius 2 is 1.68 bits per heavy atom. The molecule has 0 radical (unpaired) electrons. The molecule has 3 heteroatoms. The van der Waals surface area contributed by atoms with Crippen LogP contribution in [0, 0.1) is 11.7 Å². The Morgan fingerprint density at radius 1 is 1.00 bits per heavy atom. The highest BCUT2D eigenvalue weighted by Gasteiger charge is 2.36. The van der Waals surface area contributed by atoms with E-state index in [0.29, 0.717) is 11.2 Å². The van der Waals surface area contributed by atoms with Gasteiger partial charge in [0, 0.05) is 11.5 Å². The van der Waals surface area contributed by atoms with Gasteiger partial charge in [-0.3, -0.25) is 0 Å². The fourth-order valence-electron chi connectivity index (χ4n) is 2.77. The average Bonchev–Trinajstić information content (AvgIpc) is 2.54. The summed E-state index contributed by atoms with van der Waals surface area (Å²) in [5, 5.41) is 12.2. The first kappa shape index (κ1) is 14.7. The minimum Gasteiger partial charge on any atom is -0.378 e. The number of rotatable bonds is 3. The average molecular weight is 295 g/mol. The van der Waals surface area contributed by atoms with Crippen LogP contribution in [0.1, 0.15) is 25.1 Å². The van der Waals surface area contributed by atoms with Crippen molar-refractivity contribution >= 4 is 10.9 Å². The number of hydrogen-bond acceptors (Lipinski definition) is 2. The molecule has 0 bridgehead atoms. The van der Waals surface area contributed by atoms with Crippen molar-refractivity contribution in [3.63, 3.8) is 0 Å². The molecular formula is C19H18FNO. The van der Waals surface area contributed by atoms with E-state index >= 15 is 0 Å². The zero-order valence-electron chi connectivity index (χ0n) is 12.6. The molecule has 2 aromatic carbocycles. The zero-order chi connectivity index (χ0) is 15.7. The van der Waals surface area contributed by atoms with E-state index in [1.54, 1.807) is 6.07 Å². The first-order chi connectivity index (χ1) is 10.5. The maximum Gasteiger partial charge on any atom is 0.134 e. The van der Waals surface area contributed by atoms with Crippen LogP contribution in [0.3, 0.4) is 0 Å². The lowest BCUT2D eigenvalue weighted by Crippen LogP contribution is -2.34. The Balaban J connectivity index is 2.21. The van der Waals surface area contributed by atoms with Crippen LogP contribution in [-0.4, -0.2) is 10.1 Å². The van der Waals surface area contributed by atoms with Gasteiger partial charge in [-0.15, -0.1) is 0 Å². The van der Waals surface area contributed by atoms with Gasteiger partial charge in [-0.05, 0) is 29.7 Å². The molecule has 112 valence electrons. The van der Waals surface area contributed by atoms with Crippen LogP contribution >= 0.6 is 0 Å². The Kier molecular flexibility index (Phi) is 3.67. The van der Waals surface area contributed by atoms with Gasteiger partial charge in [0.1, 0.15) is 11.4 Å². The van der Waals surface area contributed by atoms with Crippen LogP contribution < -0.4 is 0 Å². The van der Waals surface area contributed by atoms with Crippen molar-refractivity contribution in [3.8, 4) is 0 Å². The van der Waals surface area contributed by atoms with Crippen molar-refractivity contribution in [1.29, 1.82) is 0 Å². The third-order valence-electron chi connectivity index (χ3n) is 4.09. The topological polar surface area (TPSA) is 33.1 Å². The largest absolute Gasteiger partial charge is 0.378 e.